The van der Waals surface area contributed by atoms with E-state index in [1.54, 1.807) is 29.2 Å². The number of hydrogen-bond donors (Lipinski definition) is 1. The van der Waals surface area contributed by atoms with Gasteiger partial charge >= 0.3 is 0 Å². The van der Waals surface area contributed by atoms with Gasteiger partial charge in [0.25, 0.3) is 10.0 Å². The van der Waals surface area contributed by atoms with E-state index in [4.69, 9.17) is 0 Å². The summed E-state index contributed by atoms with van der Waals surface area (Å²) in [6, 6.07) is 10.5. The monoisotopic (exact) mass is 372 g/mol. The summed E-state index contributed by atoms with van der Waals surface area (Å²) in [5.41, 5.74) is 3.86. The number of nitrogens with one attached hydrogen (secondary N) is 1. The van der Waals surface area contributed by atoms with Gasteiger partial charge in [0, 0.05) is 24.6 Å². The standard InChI is InChI=1S/C20H24N2O3S/c1-13-7-6-8-18(14(13)2)21-26(24,25)16-9-10-19-17(11-16)20(4,5)12-22(19)15(3)23/h6-11,21H,12H2,1-5H3. The topological polar surface area (TPSA) is 66.5 Å². The number of sulfonamides is 1. The average Bonchev–Trinajstić information content (AvgIpc) is 2.83. The van der Waals surface area contributed by atoms with Crippen molar-refractivity contribution in [2.75, 3.05) is 16.2 Å². The van der Waals surface area contributed by atoms with E-state index in [1.165, 1.54) is 6.92 Å². The molecule has 0 bridgehead atoms. The van der Waals surface area contributed by atoms with Gasteiger partial charge in [-0.25, -0.2) is 8.42 Å². The molecule has 1 aliphatic rings. The predicted molar refractivity (Wildman–Crippen MR) is 104 cm³/mol. The molecule has 1 heterocycles. The van der Waals surface area contributed by atoms with Crippen molar-refractivity contribution in [3.05, 3.63) is 53.1 Å². The SMILES string of the molecule is CC(=O)N1CC(C)(C)c2cc(S(=O)(=O)Nc3cccc(C)c3C)ccc21. The second-order valence-electron chi connectivity index (χ2n) is 7.52. The Kier molecular flexibility index (Phi) is 4.35. The molecule has 0 saturated heterocycles. The molecule has 1 aliphatic heterocycles. The highest BCUT2D eigenvalue weighted by molar-refractivity contribution is 7.92. The third kappa shape index (κ3) is 3.09. The van der Waals surface area contributed by atoms with Crippen LogP contribution in [-0.4, -0.2) is 20.9 Å². The lowest BCUT2D eigenvalue weighted by Crippen LogP contribution is -2.31. The molecule has 5 nitrogen and oxygen atoms in total. The Morgan fingerprint density at radius 1 is 1.15 bits per heavy atom. The third-order valence-electron chi connectivity index (χ3n) is 5.08. The summed E-state index contributed by atoms with van der Waals surface area (Å²) in [4.78, 5) is 13.8. The van der Waals surface area contributed by atoms with Gasteiger partial charge in [-0.1, -0.05) is 26.0 Å². The van der Waals surface area contributed by atoms with Gasteiger partial charge in [-0.3, -0.25) is 9.52 Å². The molecule has 0 aliphatic carbocycles. The number of benzene rings is 2. The first-order valence-corrected chi connectivity index (χ1v) is 10.0. The highest BCUT2D eigenvalue weighted by atomic mass is 32.2. The van der Waals surface area contributed by atoms with Crippen molar-refractivity contribution >= 4 is 27.3 Å². The van der Waals surface area contributed by atoms with Crippen LogP contribution >= 0.6 is 0 Å². The van der Waals surface area contributed by atoms with E-state index in [0.717, 1.165) is 22.4 Å². The van der Waals surface area contributed by atoms with Gasteiger partial charge in [0.15, 0.2) is 0 Å². The minimum absolute atomic E-state index is 0.0408. The molecule has 1 N–H and O–H groups in total. The lowest BCUT2D eigenvalue weighted by Gasteiger charge is -2.19. The highest BCUT2D eigenvalue weighted by Crippen LogP contribution is 2.41. The molecule has 0 saturated carbocycles. The van der Waals surface area contributed by atoms with E-state index in [1.807, 2.05) is 39.8 Å². The summed E-state index contributed by atoms with van der Waals surface area (Å²) in [6.45, 7) is 9.95. The van der Waals surface area contributed by atoms with E-state index < -0.39 is 10.0 Å². The van der Waals surface area contributed by atoms with Crippen LogP contribution in [0.2, 0.25) is 0 Å². The van der Waals surface area contributed by atoms with Crippen LogP contribution in [0.15, 0.2) is 41.3 Å². The average molecular weight is 372 g/mol. The van der Waals surface area contributed by atoms with Crippen molar-refractivity contribution < 1.29 is 13.2 Å². The van der Waals surface area contributed by atoms with E-state index in [9.17, 15) is 13.2 Å². The zero-order valence-corrected chi connectivity index (χ0v) is 16.6. The highest BCUT2D eigenvalue weighted by Gasteiger charge is 2.37. The Morgan fingerprint density at radius 2 is 1.85 bits per heavy atom. The van der Waals surface area contributed by atoms with Crippen LogP contribution in [-0.2, 0) is 20.2 Å². The first-order valence-electron chi connectivity index (χ1n) is 8.54. The number of fused-ring (bicyclic) bond motifs is 1. The van der Waals surface area contributed by atoms with Crippen molar-refractivity contribution in [1.82, 2.24) is 0 Å². The molecule has 0 atom stereocenters. The number of nitrogens with zero attached hydrogens (tertiary/aromatic N) is 1. The Hall–Kier alpha value is -2.34. The number of carbonyl (C=O) groups excluding carboxylic acids is 1. The maximum absolute atomic E-state index is 12.9. The quantitative estimate of drug-likeness (QED) is 0.892. The molecule has 1 amide bonds. The molecular formula is C20H24N2O3S. The van der Waals surface area contributed by atoms with Gasteiger partial charge in [0.05, 0.1) is 10.6 Å². The Bertz CT molecular complexity index is 994. The molecule has 0 unspecified atom stereocenters. The van der Waals surface area contributed by atoms with Gasteiger partial charge in [-0.15, -0.1) is 0 Å². The van der Waals surface area contributed by atoms with Crippen LogP contribution < -0.4 is 9.62 Å². The van der Waals surface area contributed by atoms with E-state index in [2.05, 4.69) is 4.72 Å². The zero-order chi connectivity index (χ0) is 19.3. The number of hydrogen-bond acceptors (Lipinski definition) is 3. The summed E-state index contributed by atoms with van der Waals surface area (Å²) in [6.07, 6.45) is 0. The first kappa shape index (κ1) is 18.5. The number of aryl methyl sites for hydroxylation is 1. The summed E-state index contributed by atoms with van der Waals surface area (Å²) in [5.74, 6) is -0.0408. The van der Waals surface area contributed by atoms with Crippen LogP contribution in [0.3, 0.4) is 0 Å². The lowest BCUT2D eigenvalue weighted by molar-refractivity contribution is -0.116. The minimum Gasteiger partial charge on any atom is -0.311 e. The van der Waals surface area contributed by atoms with Crippen LogP contribution in [0.25, 0.3) is 0 Å². The van der Waals surface area contributed by atoms with Crippen LogP contribution in [0.5, 0.6) is 0 Å². The Labute approximate surface area is 155 Å². The Balaban J connectivity index is 2.03. The molecule has 0 fully saturated rings. The fourth-order valence-corrected chi connectivity index (χ4v) is 4.52. The van der Waals surface area contributed by atoms with Crippen molar-refractivity contribution in [2.24, 2.45) is 0 Å². The molecule has 3 rings (SSSR count). The molecule has 0 radical (unpaired) electrons. The largest absolute Gasteiger partial charge is 0.311 e. The molecule has 0 spiro atoms. The summed E-state index contributed by atoms with van der Waals surface area (Å²) < 4.78 is 28.5. The smallest absolute Gasteiger partial charge is 0.261 e. The lowest BCUT2D eigenvalue weighted by atomic mass is 9.87. The van der Waals surface area contributed by atoms with Crippen molar-refractivity contribution in [1.29, 1.82) is 0 Å². The Morgan fingerprint density at radius 3 is 2.50 bits per heavy atom. The second kappa shape index (κ2) is 6.13. The molecule has 26 heavy (non-hydrogen) atoms. The minimum atomic E-state index is -3.72. The van der Waals surface area contributed by atoms with Gasteiger partial charge in [0.2, 0.25) is 5.91 Å². The molecule has 138 valence electrons. The van der Waals surface area contributed by atoms with Crippen LogP contribution in [0, 0.1) is 13.8 Å². The van der Waals surface area contributed by atoms with E-state index in [-0.39, 0.29) is 16.2 Å². The number of anilines is 2. The van der Waals surface area contributed by atoms with Gasteiger partial charge in [0.1, 0.15) is 0 Å². The first-order chi connectivity index (χ1) is 12.0. The van der Waals surface area contributed by atoms with Crippen LogP contribution in [0.4, 0.5) is 11.4 Å². The van der Waals surface area contributed by atoms with Gasteiger partial charge in [-0.2, -0.15) is 0 Å². The second-order valence-corrected chi connectivity index (χ2v) is 9.20. The fraction of sp³-hybridized carbons (Fsp3) is 0.350. The van der Waals surface area contributed by atoms with Crippen molar-refractivity contribution in [2.45, 2.75) is 44.9 Å². The summed E-state index contributed by atoms with van der Waals surface area (Å²) in [7, 11) is -3.72. The number of carbonyl (C=O) groups is 1. The summed E-state index contributed by atoms with van der Waals surface area (Å²) in [5, 5.41) is 0. The number of rotatable bonds is 3. The molecule has 2 aromatic rings. The van der Waals surface area contributed by atoms with Gasteiger partial charge in [-0.05, 0) is 54.8 Å². The summed E-state index contributed by atoms with van der Waals surface area (Å²) >= 11 is 0. The van der Waals surface area contributed by atoms with E-state index >= 15 is 0 Å². The maximum atomic E-state index is 12.9. The zero-order valence-electron chi connectivity index (χ0n) is 15.8. The number of amides is 1. The molecule has 2 aromatic carbocycles. The van der Waals surface area contributed by atoms with Crippen molar-refractivity contribution in [3.8, 4) is 0 Å². The predicted octanol–water partition coefficient (Wildman–Crippen LogP) is 3.75. The van der Waals surface area contributed by atoms with E-state index in [0.29, 0.717) is 12.2 Å². The van der Waals surface area contributed by atoms with Crippen molar-refractivity contribution in [3.63, 3.8) is 0 Å². The molecular weight excluding hydrogens is 348 g/mol. The van der Waals surface area contributed by atoms with Crippen LogP contribution in [0.1, 0.15) is 37.5 Å². The maximum Gasteiger partial charge on any atom is 0.261 e. The normalized spacial score (nSPS) is 15.7. The third-order valence-corrected chi connectivity index (χ3v) is 6.44. The van der Waals surface area contributed by atoms with Gasteiger partial charge < -0.3 is 4.90 Å². The fourth-order valence-electron chi connectivity index (χ4n) is 3.37. The molecule has 6 heteroatoms. The molecule has 0 aromatic heterocycles.